The highest BCUT2D eigenvalue weighted by Gasteiger charge is 2.06. The molecule has 0 bridgehead atoms. The highest BCUT2D eigenvalue weighted by Crippen LogP contribution is 2.71. The lowest BCUT2D eigenvalue weighted by Gasteiger charge is -2.19. The van der Waals surface area contributed by atoms with Crippen molar-refractivity contribution in [1.82, 2.24) is 0 Å². The van der Waals surface area contributed by atoms with Crippen molar-refractivity contribution in [3.8, 4) is 0 Å². The normalized spacial score (nSPS) is 13.1. The maximum atomic E-state index is 4.31. The van der Waals surface area contributed by atoms with Crippen molar-refractivity contribution < 1.29 is 0 Å². The lowest BCUT2D eigenvalue weighted by Crippen LogP contribution is -1.82. The van der Waals surface area contributed by atoms with Gasteiger partial charge >= 0.3 is 0 Å². The molecule has 0 aliphatic heterocycles. The first-order chi connectivity index (χ1) is 7.06. The maximum absolute atomic E-state index is 4.31. The number of rotatable bonds is 10. The van der Waals surface area contributed by atoms with E-state index < -0.39 is 6.16 Å². The fourth-order valence-corrected chi connectivity index (χ4v) is 4.99. The van der Waals surface area contributed by atoms with Crippen molar-refractivity contribution in [2.24, 2.45) is 0 Å². The minimum absolute atomic E-state index is 1.15. The van der Waals surface area contributed by atoms with E-state index in [0.29, 0.717) is 0 Å². The first-order valence-corrected chi connectivity index (χ1v) is 12.0. The minimum Gasteiger partial charge on any atom is -0.102 e. The summed E-state index contributed by atoms with van der Waals surface area (Å²) in [5.74, 6) is 1.15. The van der Waals surface area contributed by atoms with Crippen molar-refractivity contribution in [2.75, 3.05) is 5.75 Å². The van der Waals surface area contributed by atoms with Gasteiger partial charge in [0, 0.05) is 5.75 Å². The van der Waals surface area contributed by atoms with Crippen LogP contribution in [0.2, 0.25) is 0 Å². The Bertz CT molecular complexity index is 132. The summed E-state index contributed by atoms with van der Waals surface area (Å²) < 4.78 is 0. The van der Waals surface area contributed by atoms with Crippen LogP contribution >= 0.6 is 51.9 Å². The van der Waals surface area contributed by atoms with Crippen molar-refractivity contribution in [1.29, 1.82) is 0 Å². The molecule has 0 unspecified atom stereocenters. The average Bonchev–Trinajstić information content (AvgIpc) is 2.14. The third-order valence-electron chi connectivity index (χ3n) is 2.24. The van der Waals surface area contributed by atoms with Gasteiger partial charge in [0.1, 0.15) is 0 Å². The molecule has 0 nitrogen and oxygen atoms in total. The maximum Gasteiger partial charge on any atom is 0.00443 e. The summed E-state index contributed by atoms with van der Waals surface area (Å²) in [7, 11) is 1.78. The van der Waals surface area contributed by atoms with Crippen molar-refractivity contribution in [3.63, 3.8) is 0 Å². The molecule has 0 atom stereocenters. The minimum atomic E-state index is -1.23. The Kier molecular flexibility index (Phi) is 12.1. The van der Waals surface area contributed by atoms with E-state index in [9.17, 15) is 0 Å². The van der Waals surface area contributed by atoms with E-state index in [1.807, 2.05) is 0 Å². The average molecular weight is 305 g/mol. The molecule has 0 aromatic heterocycles. The summed E-state index contributed by atoms with van der Waals surface area (Å²) in [5.41, 5.74) is 0. The second-order valence-electron chi connectivity index (χ2n) is 3.77. The summed E-state index contributed by atoms with van der Waals surface area (Å²) in [6, 6.07) is 0. The van der Waals surface area contributed by atoms with Crippen LogP contribution in [0, 0.1) is 0 Å². The molecule has 0 aromatic carbocycles. The van der Waals surface area contributed by atoms with E-state index in [2.05, 4.69) is 41.9 Å². The summed E-state index contributed by atoms with van der Waals surface area (Å²) >= 11 is 12.9. The van der Waals surface area contributed by atoms with Crippen LogP contribution in [0.1, 0.15) is 58.3 Å². The van der Waals surface area contributed by atoms with Gasteiger partial charge in [-0.2, -0.15) is 0 Å². The molecule has 5 heteroatoms. The van der Waals surface area contributed by atoms with Crippen LogP contribution in [-0.4, -0.2) is 5.75 Å². The molecular formula is C10H24S5. The van der Waals surface area contributed by atoms with Gasteiger partial charge in [-0.3, -0.25) is 0 Å². The zero-order chi connectivity index (χ0) is 11.6. The topological polar surface area (TPSA) is 0 Å². The molecule has 15 heavy (non-hydrogen) atoms. The Hall–Kier alpha value is 1.75. The van der Waals surface area contributed by atoms with E-state index in [-0.39, 0.29) is 0 Å². The Morgan fingerprint density at radius 1 is 0.800 bits per heavy atom. The van der Waals surface area contributed by atoms with Gasteiger partial charge in [0.25, 0.3) is 0 Å². The van der Waals surface area contributed by atoms with Crippen LogP contribution < -0.4 is 0 Å². The second-order valence-corrected chi connectivity index (χ2v) is 17.3. The summed E-state index contributed by atoms with van der Waals surface area (Å²) in [5, 5.41) is 0. The molecule has 0 aliphatic rings. The summed E-state index contributed by atoms with van der Waals surface area (Å²) in [6.45, 7) is 2.26. The molecule has 0 amide bonds. The van der Waals surface area contributed by atoms with E-state index in [1.165, 1.54) is 51.4 Å². The van der Waals surface area contributed by atoms with Gasteiger partial charge in [0.15, 0.2) is 0 Å². The Balaban J connectivity index is 2.99. The summed E-state index contributed by atoms with van der Waals surface area (Å²) in [6.07, 6.45) is 9.79. The Morgan fingerprint density at radius 2 is 1.27 bits per heavy atom. The van der Waals surface area contributed by atoms with Crippen LogP contribution in [0.15, 0.2) is 0 Å². The molecule has 94 valence electrons. The quantitative estimate of drug-likeness (QED) is 0.248. The molecule has 0 aromatic rings. The second kappa shape index (κ2) is 10.9. The third kappa shape index (κ3) is 15.8. The molecule has 0 N–H and O–H groups in total. The van der Waals surface area contributed by atoms with Crippen molar-refractivity contribution >= 4 is 51.9 Å². The molecule has 0 spiro atoms. The fourth-order valence-electron chi connectivity index (χ4n) is 1.41. The standard InChI is InChI=1S/C10H24S5/c1-2-3-4-5-6-7-8-9-10-14-15(11,12)13/h11-13H,2-10H2,1H3. The third-order valence-corrected chi connectivity index (χ3v) is 7.31. The molecule has 0 saturated carbocycles. The van der Waals surface area contributed by atoms with Gasteiger partial charge in [-0.05, 0) is 6.42 Å². The first kappa shape index (κ1) is 16.8. The smallest absolute Gasteiger partial charge is 0.00443 e. The predicted molar refractivity (Wildman–Crippen MR) is 89.6 cm³/mol. The Labute approximate surface area is 115 Å². The molecular weight excluding hydrogens is 280 g/mol. The monoisotopic (exact) mass is 304 g/mol. The highest BCUT2D eigenvalue weighted by molar-refractivity contribution is 9.61. The predicted octanol–water partition coefficient (Wildman–Crippen LogP) is 6.11. The first-order valence-electron chi connectivity index (χ1n) is 5.71. The van der Waals surface area contributed by atoms with Crippen LogP contribution in [0.5, 0.6) is 0 Å². The molecule has 0 fully saturated rings. The SMILES string of the molecule is CCCCCCCCCCSS(S)(S)S. The van der Waals surface area contributed by atoms with Crippen LogP contribution in [0.3, 0.4) is 0 Å². The lowest BCUT2D eigenvalue weighted by molar-refractivity contribution is 0.586. The Morgan fingerprint density at radius 3 is 1.73 bits per heavy atom. The van der Waals surface area contributed by atoms with E-state index in [0.717, 1.165) is 5.75 Å². The molecule has 0 aliphatic carbocycles. The van der Waals surface area contributed by atoms with Gasteiger partial charge in [-0.15, -0.1) is 35.0 Å². The zero-order valence-corrected chi connectivity index (χ0v) is 13.8. The molecule has 0 saturated heterocycles. The van der Waals surface area contributed by atoms with Crippen LogP contribution in [0.4, 0.5) is 0 Å². The van der Waals surface area contributed by atoms with E-state index in [4.69, 9.17) is 0 Å². The van der Waals surface area contributed by atoms with Gasteiger partial charge < -0.3 is 0 Å². The number of hydrogen-bond donors (Lipinski definition) is 3. The fraction of sp³-hybridized carbons (Fsp3) is 1.00. The number of hydrogen-bond acceptors (Lipinski definition) is 4. The van der Waals surface area contributed by atoms with E-state index in [1.54, 1.807) is 10.8 Å². The van der Waals surface area contributed by atoms with Crippen LogP contribution in [-0.2, 0) is 0 Å². The lowest BCUT2D eigenvalue weighted by atomic mass is 10.1. The van der Waals surface area contributed by atoms with Gasteiger partial charge in [0.2, 0.25) is 0 Å². The van der Waals surface area contributed by atoms with Gasteiger partial charge in [0.05, 0.1) is 0 Å². The molecule has 0 radical (unpaired) electrons. The highest BCUT2D eigenvalue weighted by atomic mass is 34.1. The number of unbranched alkanes of at least 4 members (excludes halogenated alkanes) is 7. The molecule has 0 rings (SSSR count). The zero-order valence-electron chi connectivity index (χ0n) is 9.52. The van der Waals surface area contributed by atoms with Crippen molar-refractivity contribution in [3.05, 3.63) is 0 Å². The van der Waals surface area contributed by atoms with Crippen LogP contribution in [0.25, 0.3) is 0 Å². The number of thiol groups is 3. The van der Waals surface area contributed by atoms with Gasteiger partial charge in [-0.1, -0.05) is 68.8 Å². The largest absolute Gasteiger partial charge is 0.102 e. The van der Waals surface area contributed by atoms with Crippen molar-refractivity contribution in [2.45, 2.75) is 58.3 Å². The van der Waals surface area contributed by atoms with E-state index >= 15 is 0 Å². The summed E-state index contributed by atoms with van der Waals surface area (Å²) in [4.78, 5) is 0. The molecule has 0 heterocycles. The van der Waals surface area contributed by atoms with Gasteiger partial charge in [-0.25, -0.2) is 0 Å².